The predicted molar refractivity (Wildman–Crippen MR) is 122 cm³/mol. The molecule has 0 spiro atoms. The van der Waals surface area contributed by atoms with E-state index in [1.54, 1.807) is 0 Å². The van der Waals surface area contributed by atoms with Gasteiger partial charge in [-0.3, -0.25) is 0 Å². The number of aromatic nitrogens is 2. The smallest absolute Gasteiger partial charge is 0.321 e. The van der Waals surface area contributed by atoms with Gasteiger partial charge >= 0.3 is 6.03 Å². The summed E-state index contributed by atoms with van der Waals surface area (Å²) in [6.45, 7) is 8.71. The minimum absolute atomic E-state index is 0.00594. The molecule has 0 bridgehead atoms. The van der Waals surface area contributed by atoms with E-state index in [0.29, 0.717) is 5.92 Å². The molecular weight excluding hydrogens is 372 g/mol. The van der Waals surface area contributed by atoms with Gasteiger partial charge in [0.05, 0.1) is 0 Å². The van der Waals surface area contributed by atoms with Gasteiger partial charge in [-0.1, -0.05) is 36.4 Å². The fraction of sp³-hybridized carbons (Fsp3) is 0.360. The van der Waals surface area contributed by atoms with Crippen LogP contribution in [-0.4, -0.2) is 33.6 Å². The first-order valence-corrected chi connectivity index (χ1v) is 10.7. The first-order chi connectivity index (χ1) is 14.5. The fourth-order valence-corrected chi connectivity index (χ4v) is 4.19. The van der Waals surface area contributed by atoms with Crippen LogP contribution in [-0.2, 0) is 6.54 Å². The lowest BCUT2D eigenvalue weighted by Gasteiger charge is -2.33. The van der Waals surface area contributed by atoms with Crippen LogP contribution in [0.5, 0.6) is 0 Å². The normalized spacial score (nSPS) is 16.5. The first kappa shape index (κ1) is 20.2. The van der Waals surface area contributed by atoms with E-state index in [2.05, 4.69) is 53.8 Å². The summed E-state index contributed by atoms with van der Waals surface area (Å²) in [7, 11) is 0. The molecule has 0 saturated carbocycles. The van der Waals surface area contributed by atoms with Gasteiger partial charge in [0.1, 0.15) is 5.82 Å². The molecule has 5 heteroatoms. The number of hydrogen-bond donors (Lipinski definition) is 1. The molecule has 1 aromatic heterocycles. The van der Waals surface area contributed by atoms with Crippen LogP contribution in [0, 0.1) is 26.7 Å². The van der Waals surface area contributed by atoms with E-state index >= 15 is 0 Å². The van der Waals surface area contributed by atoms with Crippen LogP contribution in [0.3, 0.4) is 0 Å². The summed E-state index contributed by atoms with van der Waals surface area (Å²) >= 11 is 0. The third-order valence-electron chi connectivity index (χ3n) is 6.09. The van der Waals surface area contributed by atoms with Crippen molar-refractivity contribution in [3.8, 4) is 11.4 Å². The van der Waals surface area contributed by atoms with Crippen LogP contribution < -0.4 is 5.32 Å². The number of amides is 2. The van der Waals surface area contributed by atoms with Crippen molar-refractivity contribution >= 4 is 11.7 Å². The second-order valence-electron chi connectivity index (χ2n) is 8.38. The number of aryl methyl sites for hydroxylation is 3. The number of urea groups is 1. The van der Waals surface area contributed by atoms with Crippen LogP contribution in [0.15, 0.2) is 54.7 Å². The third kappa shape index (κ3) is 4.40. The molecule has 4 rings (SSSR count). The fourth-order valence-electron chi connectivity index (χ4n) is 4.19. The van der Waals surface area contributed by atoms with Gasteiger partial charge in [-0.15, -0.1) is 0 Å². The molecule has 2 aromatic carbocycles. The Morgan fingerprint density at radius 3 is 2.67 bits per heavy atom. The number of carbonyl (C=O) groups is 1. The molecule has 2 amide bonds. The number of imidazole rings is 1. The van der Waals surface area contributed by atoms with Gasteiger partial charge in [-0.25, -0.2) is 9.78 Å². The Hall–Kier alpha value is -3.08. The van der Waals surface area contributed by atoms with Gasteiger partial charge in [0.25, 0.3) is 0 Å². The van der Waals surface area contributed by atoms with E-state index in [9.17, 15) is 4.79 Å². The molecule has 1 unspecified atom stereocenters. The number of hydrogen-bond acceptors (Lipinski definition) is 2. The van der Waals surface area contributed by atoms with Crippen molar-refractivity contribution in [2.45, 2.75) is 40.2 Å². The Bertz CT molecular complexity index is 1020. The highest BCUT2D eigenvalue weighted by Gasteiger charge is 2.25. The van der Waals surface area contributed by atoms with E-state index in [4.69, 9.17) is 0 Å². The van der Waals surface area contributed by atoms with Crippen LogP contribution >= 0.6 is 0 Å². The molecule has 0 aliphatic carbocycles. The molecule has 2 heterocycles. The van der Waals surface area contributed by atoms with E-state index < -0.39 is 0 Å². The number of nitrogens with one attached hydrogen (secondary N) is 1. The average Bonchev–Trinajstić information content (AvgIpc) is 3.12. The Morgan fingerprint density at radius 1 is 1.10 bits per heavy atom. The van der Waals surface area contributed by atoms with E-state index in [1.165, 1.54) is 11.1 Å². The first-order valence-electron chi connectivity index (χ1n) is 10.7. The zero-order valence-electron chi connectivity index (χ0n) is 18.1. The summed E-state index contributed by atoms with van der Waals surface area (Å²) in [5.74, 6) is 1.42. The van der Waals surface area contributed by atoms with Crippen LogP contribution in [0.1, 0.15) is 29.7 Å². The molecule has 1 atom stereocenters. The number of piperidine rings is 1. The van der Waals surface area contributed by atoms with Crippen molar-refractivity contribution in [1.29, 1.82) is 0 Å². The van der Waals surface area contributed by atoms with E-state index in [1.807, 2.05) is 41.4 Å². The van der Waals surface area contributed by atoms with Gasteiger partial charge in [0.15, 0.2) is 0 Å². The zero-order valence-corrected chi connectivity index (χ0v) is 18.1. The minimum Gasteiger partial charge on any atom is -0.328 e. The number of carbonyl (C=O) groups excluding carboxylic acids is 1. The van der Waals surface area contributed by atoms with Gasteiger partial charge in [0.2, 0.25) is 0 Å². The number of anilines is 1. The third-order valence-corrected chi connectivity index (χ3v) is 6.09. The molecule has 1 aliphatic rings. The molecule has 3 aromatic rings. The van der Waals surface area contributed by atoms with Crippen molar-refractivity contribution in [3.05, 3.63) is 71.5 Å². The molecule has 1 saturated heterocycles. The standard InChI is InChI=1S/C25H30N4O/c1-18-11-12-23(14-19(18)2)27-25(30)28-13-7-8-21(16-28)17-29-20(3)15-26-24(29)22-9-5-4-6-10-22/h4-6,9-12,14-15,21H,7-8,13,16-17H2,1-3H3,(H,27,30). The minimum atomic E-state index is -0.00594. The topological polar surface area (TPSA) is 50.2 Å². The van der Waals surface area contributed by atoms with Crippen molar-refractivity contribution in [3.63, 3.8) is 0 Å². The summed E-state index contributed by atoms with van der Waals surface area (Å²) in [4.78, 5) is 19.5. The molecule has 30 heavy (non-hydrogen) atoms. The lowest BCUT2D eigenvalue weighted by Crippen LogP contribution is -2.43. The maximum atomic E-state index is 12.9. The van der Waals surface area contributed by atoms with Crippen LogP contribution in [0.4, 0.5) is 10.5 Å². The Kier molecular flexibility index (Phi) is 5.88. The maximum absolute atomic E-state index is 12.9. The molecule has 1 aliphatic heterocycles. The highest BCUT2D eigenvalue weighted by atomic mass is 16.2. The molecule has 0 radical (unpaired) electrons. The second-order valence-corrected chi connectivity index (χ2v) is 8.38. The second kappa shape index (κ2) is 8.74. The highest BCUT2D eigenvalue weighted by Crippen LogP contribution is 2.25. The average molecular weight is 403 g/mol. The largest absolute Gasteiger partial charge is 0.328 e. The summed E-state index contributed by atoms with van der Waals surface area (Å²) in [6, 6.07) is 16.4. The van der Waals surface area contributed by atoms with Crippen molar-refractivity contribution in [2.75, 3.05) is 18.4 Å². The number of nitrogens with zero attached hydrogens (tertiary/aromatic N) is 3. The van der Waals surface area contributed by atoms with Crippen LogP contribution in [0.2, 0.25) is 0 Å². The van der Waals surface area contributed by atoms with Gasteiger partial charge in [-0.2, -0.15) is 0 Å². The molecule has 5 nitrogen and oxygen atoms in total. The van der Waals surface area contributed by atoms with Gasteiger partial charge in [0, 0.05) is 42.8 Å². The lowest BCUT2D eigenvalue weighted by molar-refractivity contribution is 0.170. The number of likely N-dealkylation sites (tertiary alicyclic amines) is 1. The van der Waals surface area contributed by atoms with Crippen molar-refractivity contribution in [1.82, 2.24) is 14.5 Å². The summed E-state index contributed by atoms with van der Waals surface area (Å²) in [6.07, 6.45) is 4.09. The summed E-state index contributed by atoms with van der Waals surface area (Å²) in [5, 5.41) is 3.08. The SMILES string of the molecule is Cc1ccc(NC(=O)N2CCCC(Cn3c(C)cnc3-c3ccccc3)C2)cc1C. The Labute approximate surface area is 178 Å². The van der Waals surface area contributed by atoms with Gasteiger partial charge < -0.3 is 14.8 Å². The van der Waals surface area contributed by atoms with Gasteiger partial charge in [-0.05, 0) is 62.8 Å². The number of rotatable bonds is 4. The quantitative estimate of drug-likeness (QED) is 0.633. The molecule has 156 valence electrons. The van der Waals surface area contributed by atoms with Crippen LogP contribution in [0.25, 0.3) is 11.4 Å². The Balaban J connectivity index is 1.44. The molecule has 1 N–H and O–H groups in total. The number of benzene rings is 2. The Morgan fingerprint density at radius 2 is 1.90 bits per heavy atom. The van der Waals surface area contributed by atoms with E-state index in [0.717, 1.165) is 55.2 Å². The highest BCUT2D eigenvalue weighted by molar-refractivity contribution is 5.89. The lowest BCUT2D eigenvalue weighted by atomic mass is 9.98. The zero-order chi connectivity index (χ0) is 21.1. The summed E-state index contributed by atoms with van der Waals surface area (Å²) < 4.78 is 2.30. The monoisotopic (exact) mass is 402 g/mol. The molecule has 1 fully saturated rings. The maximum Gasteiger partial charge on any atom is 0.321 e. The summed E-state index contributed by atoms with van der Waals surface area (Å²) in [5.41, 5.74) is 5.57. The van der Waals surface area contributed by atoms with E-state index in [-0.39, 0.29) is 6.03 Å². The molecular formula is C25H30N4O. The van der Waals surface area contributed by atoms with Crippen molar-refractivity contribution in [2.24, 2.45) is 5.92 Å². The van der Waals surface area contributed by atoms with Crippen molar-refractivity contribution < 1.29 is 4.79 Å². The predicted octanol–water partition coefficient (Wildman–Crippen LogP) is 5.42.